The van der Waals surface area contributed by atoms with Gasteiger partial charge in [-0.15, -0.1) is 12.4 Å². The SMILES string of the molecule is Cl.N[C@@H](CC(F)(F)Cc1cccnc1)C(=O)O. The fraction of sp³-hybridized carbons (Fsp3) is 0.400. The molecule has 17 heavy (non-hydrogen) atoms. The van der Waals surface area contributed by atoms with E-state index in [0.717, 1.165) is 0 Å². The van der Waals surface area contributed by atoms with Gasteiger partial charge in [0.2, 0.25) is 0 Å². The lowest BCUT2D eigenvalue weighted by atomic mass is 10.0. The molecule has 0 saturated carbocycles. The number of nitrogens with two attached hydrogens (primary N) is 1. The van der Waals surface area contributed by atoms with Crippen molar-refractivity contribution in [3.63, 3.8) is 0 Å². The Bertz CT molecular complexity index is 363. The van der Waals surface area contributed by atoms with Crippen LogP contribution in [0.1, 0.15) is 12.0 Å². The molecule has 0 spiro atoms. The van der Waals surface area contributed by atoms with E-state index in [2.05, 4.69) is 4.98 Å². The van der Waals surface area contributed by atoms with Crippen molar-refractivity contribution in [1.29, 1.82) is 0 Å². The summed E-state index contributed by atoms with van der Waals surface area (Å²) in [7, 11) is 0. The van der Waals surface area contributed by atoms with Gasteiger partial charge in [0, 0.05) is 25.2 Å². The van der Waals surface area contributed by atoms with Gasteiger partial charge in [-0.2, -0.15) is 0 Å². The molecule has 1 rings (SSSR count). The van der Waals surface area contributed by atoms with Crippen molar-refractivity contribution in [3.05, 3.63) is 30.1 Å². The zero-order chi connectivity index (χ0) is 12.2. The number of hydrogen-bond donors (Lipinski definition) is 2. The summed E-state index contributed by atoms with van der Waals surface area (Å²) in [5, 5.41) is 8.44. The Morgan fingerprint density at radius 1 is 1.59 bits per heavy atom. The third kappa shape index (κ3) is 5.55. The molecule has 0 aromatic carbocycles. The zero-order valence-electron chi connectivity index (χ0n) is 8.85. The Labute approximate surface area is 103 Å². The molecule has 96 valence electrons. The maximum absolute atomic E-state index is 13.3. The summed E-state index contributed by atoms with van der Waals surface area (Å²) in [6.07, 6.45) is 1.36. The summed E-state index contributed by atoms with van der Waals surface area (Å²) >= 11 is 0. The van der Waals surface area contributed by atoms with Gasteiger partial charge in [-0.3, -0.25) is 9.78 Å². The molecule has 0 aliphatic carbocycles. The van der Waals surface area contributed by atoms with Crippen LogP contribution in [-0.2, 0) is 11.2 Å². The standard InChI is InChI=1S/C10H12F2N2O2.ClH/c11-10(12,5-8(13)9(15)16)4-7-2-1-3-14-6-7;/h1-3,6,8H,4-5,13H2,(H,15,16);1H/t8-;/m0./s1. The van der Waals surface area contributed by atoms with Crippen LogP contribution in [-0.4, -0.2) is 28.0 Å². The topological polar surface area (TPSA) is 76.2 Å². The summed E-state index contributed by atoms with van der Waals surface area (Å²) < 4.78 is 26.7. The monoisotopic (exact) mass is 266 g/mol. The maximum atomic E-state index is 13.3. The van der Waals surface area contributed by atoms with Crippen molar-refractivity contribution in [2.45, 2.75) is 24.8 Å². The first-order valence-electron chi connectivity index (χ1n) is 4.66. The lowest BCUT2D eigenvalue weighted by Crippen LogP contribution is -2.37. The van der Waals surface area contributed by atoms with Crippen molar-refractivity contribution >= 4 is 18.4 Å². The van der Waals surface area contributed by atoms with E-state index in [4.69, 9.17) is 10.8 Å². The molecule has 0 fully saturated rings. The molecule has 0 unspecified atom stereocenters. The highest BCUT2D eigenvalue weighted by Gasteiger charge is 2.34. The number of hydrogen-bond acceptors (Lipinski definition) is 3. The third-order valence-electron chi connectivity index (χ3n) is 2.02. The molecular formula is C10H13ClF2N2O2. The number of halogens is 3. The molecule has 0 radical (unpaired) electrons. The lowest BCUT2D eigenvalue weighted by molar-refractivity contribution is -0.141. The van der Waals surface area contributed by atoms with Crippen LogP contribution >= 0.6 is 12.4 Å². The van der Waals surface area contributed by atoms with Crippen LogP contribution in [0.5, 0.6) is 0 Å². The van der Waals surface area contributed by atoms with Crippen LogP contribution in [0.25, 0.3) is 0 Å². The number of pyridine rings is 1. The predicted octanol–water partition coefficient (Wildman–Crippen LogP) is 1.48. The smallest absolute Gasteiger partial charge is 0.320 e. The van der Waals surface area contributed by atoms with Crippen molar-refractivity contribution in [2.75, 3.05) is 0 Å². The molecule has 1 heterocycles. The van der Waals surface area contributed by atoms with Gasteiger partial charge in [0.25, 0.3) is 5.92 Å². The molecule has 0 bridgehead atoms. The normalized spacial score (nSPS) is 12.6. The van der Waals surface area contributed by atoms with Crippen LogP contribution in [0, 0.1) is 0 Å². The molecule has 0 aliphatic heterocycles. The quantitative estimate of drug-likeness (QED) is 0.846. The summed E-state index contributed by atoms with van der Waals surface area (Å²) in [5.41, 5.74) is 5.41. The molecule has 0 amide bonds. The first kappa shape index (κ1) is 15.7. The van der Waals surface area contributed by atoms with Crippen LogP contribution < -0.4 is 5.73 Å². The molecule has 4 nitrogen and oxygen atoms in total. The highest BCUT2D eigenvalue weighted by atomic mass is 35.5. The lowest BCUT2D eigenvalue weighted by Gasteiger charge is -2.18. The van der Waals surface area contributed by atoms with Crippen LogP contribution in [0.15, 0.2) is 24.5 Å². The van der Waals surface area contributed by atoms with Crippen molar-refractivity contribution in [3.8, 4) is 0 Å². The van der Waals surface area contributed by atoms with Crippen molar-refractivity contribution in [1.82, 2.24) is 4.98 Å². The Kier molecular flexibility index (Phi) is 5.98. The largest absolute Gasteiger partial charge is 0.480 e. The molecule has 3 N–H and O–H groups in total. The first-order chi connectivity index (χ1) is 7.41. The van der Waals surface area contributed by atoms with E-state index in [0.29, 0.717) is 5.56 Å². The molecule has 7 heteroatoms. The molecule has 1 aromatic rings. The van der Waals surface area contributed by atoms with E-state index < -0.39 is 30.8 Å². The summed E-state index contributed by atoms with van der Waals surface area (Å²) in [6, 6.07) is 1.50. The van der Waals surface area contributed by atoms with Gasteiger partial charge >= 0.3 is 5.97 Å². The van der Waals surface area contributed by atoms with Crippen LogP contribution in [0.2, 0.25) is 0 Å². The Morgan fingerprint density at radius 3 is 2.71 bits per heavy atom. The minimum absolute atomic E-state index is 0. The summed E-state index contributed by atoms with van der Waals surface area (Å²) in [5.74, 6) is -4.56. The fourth-order valence-corrected chi connectivity index (χ4v) is 1.28. The van der Waals surface area contributed by atoms with Crippen LogP contribution in [0.3, 0.4) is 0 Å². The number of nitrogens with zero attached hydrogens (tertiary/aromatic N) is 1. The average Bonchev–Trinajstić information content (AvgIpc) is 2.17. The average molecular weight is 267 g/mol. The number of alkyl halides is 2. The molecule has 1 atom stereocenters. The number of carboxylic acids is 1. The molecule has 0 saturated heterocycles. The van der Waals surface area contributed by atoms with E-state index in [1.54, 1.807) is 6.07 Å². The van der Waals surface area contributed by atoms with E-state index in [-0.39, 0.29) is 12.4 Å². The Hall–Kier alpha value is -1.27. The third-order valence-corrected chi connectivity index (χ3v) is 2.02. The highest BCUT2D eigenvalue weighted by molar-refractivity contribution is 5.85. The van der Waals surface area contributed by atoms with Gasteiger partial charge < -0.3 is 10.8 Å². The highest BCUT2D eigenvalue weighted by Crippen LogP contribution is 2.24. The van der Waals surface area contributed by atoms with Crippen molar-refractivity contribution in [2.24, 2.45) is 5.73 Å². The summed E-state index contributed by atoms with van der Waals surface area (Å²) in [6.45, 7) is 0. The zero-order valence-corrected chi connectivity index (χ0v) is 9.66. The van der Waals surface area contributed by atoms with E-state index in [9.17, 15) is 13.6 Å². The van der Waals surface area contributed by atoms with Gasteiger partial charge in [-0.25, -0.2) is 8.78 Å². The fourth-order valence-electron chi connectivity index (χ4n) is 1.28. The van der Waals surface area contributed by atoms with Gasteiger partial charge in [0.15, 0.2) is 0 Å². The second-order valence-corrected chi connectivity index (χ2v) is 3.54. The van der Waals surface area contributed by atoms with Gasteiger partial charge in [-0.1, -0.05) is 6.07 Å². The second kappa shape index (κ2) is 6.46. The number of aliphatic carboxylic acids is 1. The number of carbonyl (C=O) groups is 1. The number of aromatic nitrogens is 1. The van der Waals surface area contributed by atoms with Gasteiger partial charge in [0.1, 0.15) is 6.04 Å². The maximum Gasteiger partial charge on any atom is 0.320 e. The van der Waals surface area contributed by atoms with E-state index in [1.807, 2.05) is 0 Å². The van der Waals surface area contributed by atoms with Gasteiger partial charge in [-0.05, 0) is 11.6 Å². The van der Waals surface area contributed by atoms with E-state index in [1.165, 1.54) is 18.5 Å². The minimum atomic E-state index is -3.14. The number of rotatable bonds is 5. The minimum Gasteiger partial charge on any atom is -0.480 e. The Balaban J connectivity index is 0.00000256. The molecular weight excluding hydrogens is 254 g/mol. The second-order valence-electron chi connectivity index (χ2n) is 3.54. The summed E-state index contributed by atoms with van der Waals surface area (Å²) in [4.78, 5) is 14.1. The van der Waals surface area contributed by atoms with Crippen LogP contribution in [0.4, 0.5) is 8.78 Å². The molecule has 1 aromatic heterocycles. The first-order valence-corrected chi connectivity index (χ1v) is 4.66. The Morgan fingerprint density at radius 2 is 2.24 bits per heavy atom. The number of carboxylic acid groups (broad SMARTS) is 1. The van der Waals surface area contributed by atoms with E-state index >= 15 is 0 Å². The molecule has 0 aliphatic rings. The predicted molar refractivity (Wildman–Crippen MR) is 60.4 cm³/mol. The van der Waals surface area contributed by atoms with Crippen molar-refractivity contribution < 1.29 is 18.7 Å². The van der Waals surface area contributed by atoms with Gasteiger partial charge in [0.05, 0.1) is 0 Å².